The summed E-state index contributed by atoms with van der Waals surface area (Å²) in [5, 5.41) is 1.90. The molecule has 2 fully saturated rings. The molecule has 0 aromatic heterocycles. The first-order valence-electron chi connectivity index (χ1n) is 8.72. The van der Waals surface area contributed by atoms with Crippen LogP contribution in [0.5, 0.6) is 0 Å². The van der Waals surface area contributed by atoms with Crippen LogP contribution in [-0.2, 0) is 4.74 Å². The number of carbonyl (C=O) groups is 2. The van der Waals surface area contributed by atoms with Gasteiger partial charge >= 0.3 is 6.09 Å². The number of halogens is 2. The Morgan fingerprint density at radius 3 is 2.60 bits per heavy atom. The van der Waals surface area contributed by atoms with Crippen molar-refractivity contribution in [3.63, 3.8) is 0 Å². The molecule has 0 bridgehead atoms. The minimum Gasteiger partial charge on any atom is -0.449 e. The lowest BCUT2D eigenvalue weighted by molar-refractivity contribution is 0.0234. The Kier molecular flexibility index (Phi) is 5.63. The van der Waals surface area contributed by atoms with Gasteiger partial charge in [0.15, 0.2) is 0 Å². The van der Waals surface area contributed by atoms with E-state index in [-0.39, 0.29) is 12.5 Å². The second-order valence-corrected chi connectivity index (χ2v) is 6.65. The minimum atomic E-state index is -1.14. The third kappa shape index (κ3) is 4.15. The minimum absolute atomic E-state index is 0.208. The number of nitrogens with zero attached hydrogens (tertiary/aromatic N) is 1. The highest BCUT2D eigenvalue weighted by atomic mass is 19.1. The van der Waals surface area contributed by atoms with Gasteiger partial charge in [-0.2, -0.15) is 0 Å². The molecule has 1 N–H and O–H groups in total. The van der Waals surface area contributed by atoms with Gasteiger partial charge in [0.2, 0.25) is 0 Å². The molecule has 0 spiro atoms. The van der Waals surface area contributed by atoms with Crippen molar-refractivity contribution in [1.29, 1.82) is 0 Å². The van der Waals surface area contributed by atoms with Crippen LogP contribution < -0.4 is 5.32 Å². The number of amides is 2. The highest BCUT2D eigenvalue weighted by Crippen LogP contribution is 2.30. The van der Waals surface area contributed by atoms with Gasteiger partial charge in [-0.3, -0.25) is 15.0 Å². The average Bonchev–Trinajstić information content (AvgIpc) is 2.59. The lowest BCUT2D eigenvalue weighted by Gasteiger charge is -2.44. The van der Waals surface area contributed by atoms with E-state index in [0.29, 0.717) is 6.04 Å². The van der Waals surface area contributed by atoms with Crippen molar-refractivity contribution in [1.82, 2.24) is 10.2 Å². The van der Waals surface area contributed by atoms with E-state index in [1.165, 1.54) is 12.8 Å². The molecule has 5 nitrogen and oxygen atoms in total. The number of nitrogens with one attached hydrogen (secondary N) is 1. The number of ether oxygens (including phenoxy) is 1. The van der Waals surface area contributed by atoms with Crippen LogP contribution in [0, 0.1) is 17.6 Å². The molecule has 2 aliphatic heterocycles. The second-order valence-electron chi connectivity index (χ2n) is 6.65. The van der Waals surface area contributed by atoms with Gasteiger partial charge in [0.25, 0.3) is 5.91 Å². The summed E-state index contributed by atoms with van der Waals surface area (Å²) < 4.78 is 32.3. The molecule has 2 heterocycles. The Balaban J connectivity index is 1.53. The van der Waals surface area contributed by atoms with Crippen molar-refractivity contribution in [2.24, 2.45) is 5.92 Å². The fourth-order valence-electron chi connectivity index (χ4n) is 3.86. The maximum absolute atomic E-state index is 13.6. The smallest absolute Gasteiger partial charge is 0.414 e. The van der Waals surface area contributed by atoms with Crippen molar-refractivity contribution in [3.8, 4) is 0 Å². The lowest BCUT2D eigenvalue weighted by Crippen LogP contribution is -2.49. The van der Waals surface area contributed by atoms with Crippen molar-refractivity contribution < 1.29 is 23.1 Å². The Bertz CT molecular complexity index is 631. The van der Waals surface area contributed by atoms with Gasteiger partial charge in [0.05, 0.1) is 6.61 Å². The SMILES string of the molecule is O=C(NC(=O)c1c(F)cccc1F)OC[C@@H]1CCCN2CCCCC12. The van der Waals surface area contributed by atoms with E-state index in [4.69, 9.17) is 4.74 Å². The van der Waals surface area contributed by atoms with E-state index >= 15 is 0 Å². The molecule has 0 aliphatic carbocycles. The molecule has 3 rings (SSSR count). The summed E-state index contributed by atoms with van der Waals surface area (Å²) in [4.78, 5) is 26.2. The van der Waals surface area contributed by atoms with Crippen molar-refractivity contribution in [2.75, 3.05) is 19.7 Å². The Morgan fingerprint density at radius 1 is 1.12 bits per heavy atom. The molecule has 1 aromatic carbocycles. The van der Waals surface area contributed by atoms with Gasteiger partial charge < -0.3 is 4.74 Å². The van der Waals surface area contributed by atoms with E-state index in [1.807, 2.05) is 5.32 Å². The molecule has 2 atom stereocenters. The molecular formula is C18H22F2N2O3. The van der Waals surface area contributed by atoms with Crippen molar-refractivity contribution in [3.05, 3.63) is 35.4 Å². The largest absolute Gasteiger partial charge is 0.449 e. The zero-order valence-electron chi connectivity index (χ0n) is 14.0. The molecular weight excluding hydrogens is 330 g/mol. The molecule has 2 aliphatic rings. The van der Waals surface area contributed by atoms with Crippen molar-refractivity contribution >= 4 is 12.0 Å². The predicted molar refractivity (Wildman–Crippen MR) is 87.1 cm³/mol. The number of hydrogen-bond donors (Lipinski definition) is 1. The number of imide groups is 1. The van der Waals surface area contributed by atoms with E-state index in [1.54, 1.807) is 0 Å². The first-order chi connectivity index (χ1) is 12.1. The monoisotopic (exact) mass is 352 g/mol. The molecule has 1 aromatic rings. The van der Waals surface area contributed by atoms with Gasteiger partial charge in [-0.15, -0.1) is 0 Å². The summed E-state index contributed by atoms with van der Waals surface area (Å²) in [6.45, 7) is 2.37. The van der Waals surface area contributed by atoms with Crippen LogP contribution in [0.1, 0.15) is 42.5 Å². The fraction of sp³-hybridized carbons (Fsp3) is 0.556. The summed E-state index contributed by atoms with van der Waals surface area (Å²) in [6, 6.07) is 3.49. The maximum atomic E-state index is 13.6. The van der Waals surface area contributed by atoms with Crippen LogP contribution in [0.25, 0.3) is 0 Å². The second kappa shape index (κ2) is 7.91. The Morgan fingerprint density at radius 2 is 1.84 bits per heavy atom. The molecule has 25 heavy (non-hydrogen) atoms. The van der Waals surface area contributed by atoms with E-state index in [9.17, 15) is 18.4 Å². The highest BCUT2D eigenvalue weighted by molar-refractivity contribution is 6.03. The topological polar surface area (TPSA) is 58.6 Å². The fourth-order valence-corrected chi connectivity index (χ4v) is 3.86. The highest BCUT2D eigenvalue weighted by Gasteiger charge is 2.33. The van der Waals surface area contributed by atoms with Gasteiger partial charge in [-0.1, -0.05) is 12.5 Å². The standard InChI is InChI=1S/C18H22F2N2O3/c19-13-6-3-7-14(20)16(13)17(23)21-18(24)25-11-12-5-4-10-22-9-2-1-8-15(12)22/h3,6-7,12,15H,1-2,4-5,8-11H2,(H,21,23,24)/t12-,15?/m0/s1. The number of rotatable bonds is 3. The Labute approximate surface area is 145 Å². The van der Waals surface area contributed by atoms with Crippen LogP contribution in [0.15, 0.2) is 18.2 Å². The van der Waals surface area contributed by atoms with E-state index in [2.05, 4.69) is 4.90 Å². The van der Waals surface area contributed by atoms with E-state index in [0.717, 1.165) is 50.6 Å². The summed E-state index contributed by atoms with van der Waals surface area (Å²) >= 11 is 0. The molecule has 0 radical (unpaired) electrons. The number of benzene rings is 1. The zero-order chi connectivity index (χ0) is 17.8. The molecule has 2 saturated heterocycles. The molecule has 2 amide bonds. The van der Waals surface area contributed by atoms with Crippen LogP contribution in [0.2, 0.25) is 0 Å². The predicted octanol–water partition coefficient (Wildman–Crippen LogP) is 3.10. The number of carbonyl (C=O) groups excluding carboxylic acids is 2. The summed E-state index contributed by atoms with van der Waals surface area (Å²) in [7, 11) is 0. The van der Waals surface area contributed by atoms with Crippen LogP contribution in [0.4, 0.5) is 13.6 Å². The number of piperidine rings is 2. The molecule has 0 saturated carbocycles. The first kappa shape index (κ1) is 17.8. The zero-order valence-corrected chi connectivity index (χ0v) is 14.0. The van der Waals surface area contributed by atoms with Crippen LogP contribution in [0.3, 0.4) is 0 Å². The summed E-state index contributed by atoms with van der Waals surface area (Å²) in [6.07, 6.45) is 4.54. The van der Waals surface area contributed by atoms with Gasteiger partial charge in [0.1, 0.15) is 17.2 Å². The lowest BCUT2D eigenvalue weighted by atomic mass is 9.84. The quantitative estimate of drug-likeness (QED) is 0.908. The third-order valence-electron chi connectivity index (χ3n) is 5.06. The average molecular weight is 352 g/mol. The van der Waals surface area contributed by atoms with Gasteiger partial charge in [-0.05, 0) is 50.9 Å². The van der Waals surface area contributed by atoms with Crippen LogP contribution in [-0.4, -0.2) is 42.6 Å². The molecule has 136 valence electrons. The summed E-state index contributed by atoms with van der Waals surface area (Å²) in [5.74, 6) is -2.94. The maximum Gasteiger partial charge on any atom is 0.414 e. The summed E-state index contributed by atoms with van der Waals surface area (Å²) in [5.41, 5.74) is -0.782. The normalized spacial score (nSPS) is 23.6. The number of hydrogen-bond acceptors (Lipinski definition) is 4. The van der Waals surface area contributed by atoms with Gasteiger partial charge in [0, 0.05) is 12.0 Å². The molecule has 7 heteroatoms. The Hall–Kier alpha value is -2.02. The van der Waals surface area contributed by atoms with Crippen LogP contribution >= 0.6 is 0 Å². The van der Waals surface area contributed by atoms with E-state index < -0.39 is 29.2 Å². The van der Waals surface area contributed by atoms with Crippen molar-refractivity contribution in [2.45, 2.75) is 38.1 Å². The third-order valence-corrected chi connectivity index (χ3v) is 5.06. The van der Waals surface area contributed by atoms with Gasteiger partial charge in [-0.25, -0.2) is 13.6 Å². The number of fused-ring (bicyclic) bond motifs is 1. The number of alkyl carbamates (subject to hydrolysis) is 1. The molecule has 1 unspecified atom stereocenters. The first-order valence-corrected chi connectivity index (χ1v) is 8.72.